The molecule has 2 aliphatic carbocycles. The van der Waals surface area contributed by atoms with Gasteiger partial charge in [0.1, 0.15) is 17.1 Å². The van der Waals surface area contributed by atoms with Crippen molar-refractivity contribution in [1.82, 2.24) is 0 Å². The molecule has 6 unspecified atom stereocenters. The summed E-state index contributed by atoms with van der Waals surface area (Å²) in [7, 11) is 1.37. The maximum absolute atomic E-state index is 14.6. The first-order valence-corrected chi connectivity index (χ1v) is 16.4. The van der Waals surface area contributed by atoms with Crippen LogP contribution in [0.2, 0.25) is 5.02 Å². The van der Waals surface area contributed by atoms with Crippen molar-refractivity contribution in [1.29, 1.82) is 0 Å². The Morgan fingerprint density at radius 3 is 2.33 bits per heavy atom. The number of amides is 4. The highest BCUT2D eigenvalue weighted by atomic mass is 79.9. The van der Waals surface area contributed by atoms with Crippen LogP contribution in [-0.4, -0.2) is 52.0 Å². The molecule has 3 aromatic carbocycles. The number of aromatic carboxylic acids is 1. The second-order valence-electron chi connectivity index (χ2n) is 12.8. The Hall–Kier alpha value is -4.75. The van der Waals surface area contributed by atoms with E-state index in [9.17, 15) is 43.7 Å². The summed E-state index contributed by atoms with van der Waals surface area (Å²) in [4.78, 5) is 70.4. The fourth-order valence-electron chi connectivity index (χ4n) is 8.29. The first-order valence-electron chi connectivity index (χ1n) is 15.2. The zero-order chi connectivity index (χ0) is 35.3. The maximum atomic E-state index is 14.6. The minimum absolute atomic E-state index is 0.00202. The number of phenols is 2. The molecule has 0 aromatic heterocycles. The van der Waals surface area contributed by atoms with Crippen molar-refractivity contribution in [2.75, 3.05) is 16.9 Å². The highest BCUT2D eigenvalue weighted by molar-refractivity contribution is 9.10. The smallest absolute Gasteiger partial charge is 0.339 e. The number of methoxy groups -OCH3 is 1. The molecule has 3 fully saturated rings. The molecule has 252 valence electrons. The lowest BCUT2D eigenvalue weighted by Crippen LogP contribution is -2.49. The molecule has 0 radical (unpaired) electrons. The number of ether oxygens (including phenoxy) is 1. The molecule has 0 bridgehead atoms. The van der Waals surface area contributed by atoms with Crippen LogP contribution in [0.1, 0.15) is 41.6 Å². The number of imide groups is 2. The summed E-state index contributed by atoms with van der Waals surface area (Å²) in [6.45, 7) is 1.63. The number of anilines is 2. The lowest BCUT2D eigenvalue weighted by Gasteiger charge is -2.49. The first-order chi connectivity index (χ1) is 23.2. The van der Waals surface area contributed by atoms with Gasteiger partial charge in [0.15, 0.2) is 11.5 Å². The third-order valence-electron chi connectivity index (χ3n) is 10.5. The van der Waals surface area contributed by atoms with Gasteiger partial charge in [-0.3, -0.25) is 19.2 Å². The van der Waals surface area contributed by atoms with Gasteiger partial charge in [0.2, 0.25) is 23.6 Å². The number of allylic oxidation sites excluding steroid dienone is 2. The summed E-state index contributed by atoms with van der Waals surface area (Å²) in [5.74, 6) is -9.89. The number of aromatic hydroxyl groups is 2. The van der Waals surface area contributed by atoms with E-state index in [4.69, 9.17) is 16.3 Å². The molecular weight excluding hydrogens is 727 g/mol. The third kappa shape index (κ3) is 4.62. The van der Waals surface area contributed by atoms with Gasteiger partial charge in [-0.1, -0.05) is 39.2 Å². The molecule has 3 N–H and O–H groups in total. The van der Waals surface area contributed by atoms with Crippen LogP contribution in [0.4, 0.5) is 15.8 Å². The van der Waals surface area contributed by atoms with E-state index in [2.05, 4.69) is 15.9 Å². The van der Waals surface area contributed by atoms with Gasteiger partial charge in [-0.25, -0.2) is 19.0 Å². The molecule has 0 spiro atoms. The third-order valence-corrected chi connectivity index (χ3v) is 11.3. The summed E-state index contributed by atoms with van der Waals surface area (Å²) in [6.07, 6.45) is 1.89. The SMILES string of the molecule is COc1cc(Br)cc(C2C3=CCC4C(=O)N(c5ccc(C(=O)O)c(O)c5)C(=O)C4C3CC3C(=O)N(c4ccc(F)c(Cl)c4)C(=O)C32C)c1O. The molecule has 2 heterocycles. The Labute approximate surface area is 291 Å². The topological polar surface area (TPSA) is 162 Å². The second kappa shape index (κ2) is 11.4. The zero-order valence-electron chi connectivity index (χ0n) is 25.8. The van der Waals surface area contributed by atoms with E-state index >= 15 is 0 Å². The molecule has 6 atom stereocenters. The molecule has 4 aliphatic rings. The number of benzene rings is 3. The van der Waals surface area contributed by atoms with Gasteiger partial charge in [-0.15, -0.1) is 0 Å². The van der Waals surface area contributed by atoms with Crippen LogP contribution in [0.15, 0.2) is 64.7 Å². The molecule has 7 rings (SSSR count). The standard InChI is InChI=1S/C35H27BrClFN2O9/c1-35-22(31(44)40(34(35)48)15-4-8-24(38)23(37)11-15)13-20-17(28(35)21-9-14(36)10-26(49-2)29(21)42)6-7-19-27(20)32(45)39(30(19)43)16-3-5-18(33(46)47)25(41)12-16/h3-6,8-12,19-20,22,27-28,41-42H,7,13H2,1-2H3,(H,46,47). The molecular formula is C35H27BrClFN2O9. The summed E-state index contributed by atoms with van der Waals surface area (Å²) >= 11 is 9.51. The average molecular weight is 754 g/mol. The number of hydrogen-bond donors (Lipinski definition) is 3. The molecule has 49 heavy (non-hydrogen) atoms. The monoisotopic (exact) mass is 752 g/mol. The fraction of sp³-hybridized carbons (Fsp3) is 0.286. The summed E-state index contributed by atoms with van der Waals surface area (Å²) in [6, 6.07) is 10.1. The van der Waals surface area contributed by atoms with Crippen LogP contribution >= 0.6 is 27.5 Å². The van der Waals surface area contributed by atoms with Gasteiger partial charge in [0.05, 0.1) is 46.7 Å². The van der Waals surface area contributed by atoms with E-state index in [-0.39, 0.29) is 46.3 Å². The molecule has 2 aliphatic heterocycles. The highest BCUT2D eigenvalue weighted by Crippen LogP contribution is 2.65. The fourth-order valence-corrected chi connectivity index (χ4v) is 8.92. The van der Waals surface area contributed by atoms with Crippen molar-refractivity contribution in [2.24, 2.45) is 29.1 Å². The van der Waals surface area contributed by atoms with E-state index in [1.54, 1.807) is 25.1 Å². The van der Waals surface area contributed by atoms with Crippen LogP contribution < -0.4 is 14.5 Å². The normalized spacial score (nSPS) is 27.5. The van der Waals surface area contributed by atoms with Gasteiger partial charge < -0.3 is 20.1 Å². The maximum Gasteiger partial charge on any atom is 0.339 e. The Bertz CT molecular complexity index is 2070. The number of carboxylic acid groups (broad SMARTS) is 1. The summed E-state index contributed by atoms with van der Waals surface area (Å²) in [5, 5.41) is 30.9. The van der Waals surface area contributed by atoms with Crippen LogP contribution in [0, 0.1) is 34.9 Å². The van der Waals surface area contributed by atoms with Crippen molar-refractivity contribution in [2.45, 2.75) is 25.7 Å². The Kier molecular flexibility index (Phi) is 7.63. The van der Waals surface area contributed by atoms with Crippen molar-refractivity contribution in [3.05, 3.63) is 86.6 Å². The van der Waals surface area contributed by atoms with E-state index in [1.807, 2.05) is 0 Å². The number of fused-ring (bicyclic) bond motifs is 4. The molecule has 3 aromatic rings. The van der Waals surface area contributed by atoms with Gasteiger partial charge >= 0.3 is 5.97 Å². The Morgan fingerprint density at radius 1 is 0.980 bits per heavy atom. The van der Waals surface area contributed by atoms with Crippen molar-refractivity contribution < 1.29 is 48.4 Å². The van der Waals surface area contributed by atoms with Gasteiger partial charge in [0.25, 0.3) is 0 Å². The predicted octanol–water partition coefficient (Wildman–Crippen LogP) is 5.79. The minimum Gasteiger partial charge on any atom is -0.507 e. The van der Waals surface area contributed by atoms with Crippen LogP contribution in [-0.2, 0) is 19.2 Å². The molecule has 1 saturated carbocycles. The zero-order valence-corrected chi connectivity index (χ0v) is 28.2. The average Bonchev–Trinajstić information content (AvgIpc) is 3.42. The van der Waals surface area contributed by atoms with Gasteiger partial charge in [-0.05, 0) is 68.1 Å². The van der Waals surface area contributed by atoms with E-state index in [0.29, 0.717) is 10.0 Å². The Morgan fingerprint density at radius 2 is 1.67 bits per heavy atom. The van der Waals surface area contributed by atoms with Gasteiger partial charge in [0, 0.05) is 22.0 Å². The first kappa shape index (κ1) is 32.8. The Balaban J connectivity index is 1.38. The molecule has 4 amide bonds. The molecule has 2 saturated heterocycles. The van der Waals surface area contributed by atoms with Crippen LogP contribution in [0.5, 0.6) is 17.2 Å². The quantitative estimate of drug-likeness (QED) is 0.216. The minimum atomic E-state index is -1.51. The number of hydrogen-bond acceptors (Lipinski definition) is 8. The van der Waals surface area contributed by atoms with E-state index < -0.39 is 81.7 Å². The van der Waals surface area contributed by atoms with E-state index in [1.165, 1.54) is 25.3 Å². The lowest BCUT2D eigenvalue weighted by molar-refractivity contribution is -0.131. The van der Waals surface area contributed by atoms with Crippen LogP contribution in [0.3, 0.4) is 0 Å². The summed E-state index contributed by atoms with van der Waals surface area (Å²) < 4.78 is 20.1. The lowest BCUT2D eigenvalue weighted by atomic mass is 9.51. The number of nitrogens with zero attached hydrogens (tertiary/aromatic N) is 2. The molecule has 14 heteroatoms. The number of carbonyl (C=O) groups excluding carboxylic acids is 4. The second-order valence-corrected chi connectivity index (χ2v) is 14.1. The number of carboxylic acids is 1. The van der Waals surface area contributed by atoms with Crippen LogP contribution in [0.25, 0.3) is 0 Å². The summed E-state index contributed by atoms with van der Waals surface area (Å²) in [5.41, 5.74) is -1.02. The number of carbonyl (C=O) groups is 5. The van der Waals surface area contributed by atoms with Crippen molar-refractivity contribution >= 4 is 68.5 Å². The predicted molar refractivity (Wildman–Crippen MR) is 176 cm³/mol. The molecule has 11 nitrogen and oxygen atoms in total. The highest BCUT2D eigenvalue weighted by Gasteiger charge is 2.68. The van der Waals surface area contributed by atoms with Gasteiger partial charge in [-0.2, -0.15) is 0 Å². The van der Waals surface area contributed by atoms with E-state index in [0.717, 1.165) is 28.0 Å². The largest absolute Gasteiger partial charge is 0.507 e. The van der Waals surface area contributed by atoms with Crippen molar-refractivity contribution in [3.8, 4) is 17.2 Å². The number of halogens is 3. The van der Waals surface area contributed by atoms with Crippen molar-refractivity contribution in [3.63, 3.8) is 0 Å². The number of rotatable bonds is 5. The number of phenolic OH excluding ortho intramolecular Hbond substituents is 1.